The van der Waals surface area contributed by atoms with Gasteiger partial charge in [0.2, 0.25) is 0 Å². The van der Waals surface area contributed by atoms with Crippen LogP contribution in [-0.4, -0.2) is 23.9 Å². The second kappa shape index (κ2) is 14.8. The summed E-state index contributed by atoms with van der Waals surface area (Å²) in [5.74, 6) is 0. The Morgan fingerprint density at radius 2 is 1.24 bits per heavy atom. The Morgan fingerprint density at radius 1 is 0.762 bits per heavy atom. The summed E-state index contributed by atoms with van der Waals surface area (Å²) >= 11 is 0. The van der Waals surface area contributed by atoms with Gasteiger partial charge >= 0.3 is 0 Å². The lowest BCUT2D eigenvalue weighted by Crippen LogP contribution is -2.31. The van der Waals surface area contributed by atoms with Crippen LogP contribution in [0.25, 0.3) is 0 Å². The van der Waals surface area contributed by atoms with Crippen LogP contribution in [0.15, 0.2) is 0 Å². The zero-order valence-corrected chi connectivity index (χ0v) is 14.7. The third-order valence-corrected chi connectivity index (χ3v) is 4.01. The molecule has 0 bridgehead atoms. The number of hydrogen-bond donors (Lipinski definition) is 1. The molecule has 0 aliphatic carbocycles. The molecule has 1 atom stereocenters. The average Bonchev–Trinajstić information content (AvgIpc) is 2.45. The molecular weight excluding hydrogens is 260 g/mol. The normalized spacial score (nSPS) is 14.3. The van der Waals surface area contributed by atoms with E-state index >= 15 is 0 Å². The lowest BCUT2D eigenvalue weighted by Gasteiger charge is -2.22. The molecule has 127 valence electrons. The van der Waals surface area contributed by atoms with Crippen LogP contribution in [0.5, 0.6) is 0 Å². The summed E-state index contributed by atoms with van der Waals surface area (Å²) < 4.78 is 5.47. The SMILES string of the molecule is [CH2]C(O)(CCCCCCCCCCCC)COCCCC. The van der Waals surface area contributed by atoms with E-state index in [4.69, 9.17) is 4.74 Å². The van der Waals surface area contributed by atoms with Crippen molar-refractivity contribution in [1.29, 1.82) is 0 Å². The van der Waals surface area contributed by atoms with E-state index in [1.807, 2.05) is 0 Å². The van der Waals surface area contributed by atoms with E-state index < -0.39 is 5.60 Å². The quantitative estimate of drug-likeness (QED) is 0.372. The van der Waals surface area contributed by atoms with Crippen molar-refractivity contribution in [2.24, 2.45) is 0 Å². The summed E-state index contributed by atoms with van der Waals surface area (Å²) in [6.45, 7) is 9.40. The highest BCUT2D eigenvalue weighted by Crippen LogP contribution is 2.17. The molecule has 1 N–H and O–H groups in total. The fourth-order valence-electron chi connectivity index (χ4n) is 2.52. The maximum Gasteiger partial charge on any atom is 0.0881 e. The van der Waals surface area contributed by atoms with Crippen LogP contribution in [0.2, 0.25) is 0 Å². The summed E-state index contributed by atoms with van der Waals surface area (Å²) in [6.07, 6.45) is 16.2. The average molecular weight is 300 g/mol. The van der Waals surface area contributed by atoms with Crippen molar-refractivity contribution in [3.63, 3.8) is 0 Å². The lowest BCUT2D eigenvalue weighted by atomic mass is 9.98. The predicted octanol–water partition coefficient (Wildman–Crippen LogP) is 5.68. The van der Waals surface area contributed by atoms with Gasteiger partial charge in [0.05, 0.1) is 12.2 Å². The minimum absolute atomic E-state index is 0.379. The Balaban J connectivity index is 3.28. The van der Waals surface area contributed by atoms with Crippen molar-refractivity contribution in [1.82, 2.24) is 0 Å². The van der Waals surface area contributed by atoms with E-state index in [1.165, 1.54) is 57.8 Å². The van der Waals surface area contributed by atoms with Crippen LogP contribution in [0.4, 0.5) is 0 Å². The molecule has 2 nitrogen and oxygen atoms in total. The molecule has 0 rings (SSSR count). The Labute approximate surface area is 133 Å². The first-order chi connectivity index (χ1) is 10.1. The van der Waals surface area contributed by atoms with Gasteiger partial charge in [0, 0.05) is 6.61 Å². The topological polar surface area (TPSA) is 29.5 Å². The molecule has 21 heavy (non-hydrogen) atoms. The van der Waals surface area contributed by atoms with E-state index in [0.717, 1.165) is 32.3 Å². The molecule has 0 saturated carbocycles. The number of unbranched alkanes of at least 4 members (excludes halogenated alkanes) is 10. The summed E-state index contributed by atoms with van der Waals surface area (Å²) in [7, 11) is 0. The molecule has 0 spiro atoms. The van der Waals surface area contributed by atoms with Crippen LogP contribution >= 0.6 is 0 Å². The van der Waals surface area contributed by atoms with Crippen molar-refractivity contribution in [3.05, 3.63) is 6.92 Å². The Bertz CT molecular complexity index is 202. The fraction of sp³-hybridized carbons (Fsp3) is 0.947. The van der Waals surface area contributed by atoms with Gasteiger partial charge in [0.15, 0.2) is 0 Å². The molecular formula is C19H39O2. The van der Waals surface area contributed by atoms with Gasteiger partial charge in [0.1, 0.15) is 0 Å². The minimum atomic E-state index is -0.881. The van der Waals surface area contributed by atoms with Gasteiger partial charge in [-0.3, -0.25) is 0 Å². The Morgan fingerprint density at radius 3 is 1.76 bits per heavy atom. The monoisotopic (exact) mass is 299 g/mol. The second-order valence-electron chi connectivity index (χ2n) is 6.56. The van der Waals surface area contributed by atoms with E-state index in [0.29, 0.717) is 6.61 Å². The number of aliphatic hydroxyl groups is 1. The van der Waals surface area contributed by atoms with Gasteiger partial charge in [-0.1, -0.05) is 84.5 Å². The largest absolute Gasteiger partial charge is 0.387 e. The van der Waals surface area contributed by atoms with Crippen LogP contribution in [0.3, 0.4) is 0 Å². The third-order valence-electron chi connectivity index (χ3n) is 4.01. The lowest BCUT2D eigenvalue weighted by molar-refractivity contribution is -0.0225. The summed E-state index contributed by atoms with van der Waals surface area (Å²) in [5.41, 5.74) is -0.881. The van der Waals surface area contributed by atoms with E-state index in [2.05, 4.69) is 20.8 Å². The van der Waals surface area contributed by atoms with E-state index in [-0.39, 0.29) is 0 Å². The number of hydrogen-bond acceptors (Lipinski definition) is 2. The molecule has 1 radical (unpaired) electrons. The van der Waals surface area contributed by atoms with Gasteiger partial charge < -0.3 is 9.84 Å². The van der Waals surface area contributed by atoms with Gasteiger partial charge in [0.25, 0.3) is 0 Å². The molecule has 1 unspecified atom stereocenters. The molecule has 0 amide bonds. The van der Waals surface area contributed by atoms with E-state index in [1.54, 1.807) is 0 Å². The standard InChI is InChI=1S/C19H39O2/c1-4-6-8-9-10-11-12-13-14-15-16-19(3,20)18-21-17-7-5-2/h20H,3-18H2,1-2H3. The smallest absolute Gasteiger partial charge is 0.0881 e. The second-order valence-corrected chi connectivity index (χ2v) is 6.56. The molecule has 0 fully saturated rings. The summed E-state index contributed by atoms with van der Waals surface area (Å²) in [5, 5.41) is 10.1. The first kappa shape index (κ1) is 20.9. The maximum absolute atomic E-state index is 10.1. The third kappa shape index (κ3) is 16.1. The van der Waals surface area contributed by atoms with Crippen LogP contribution < -0.4 is 0 Å². The van der Waals surface area contributed by atoms with Crippen LogP contribution in [0, 0.1) is 6.92 Å². The van der Waals surface area contributed by atoms with Crippen molar-refractivity contribution < 1.29 is 9.84 Å². The van der Waals surface area contributed by atoms with E-state index in [9.17, 15) is 5.11 Å². The molecule has 0 aromatic rings. The molecule has 0 aliphatic heterocycles. The molecule has 0 aliphatic rings. The molecule has 2 heteroatoms. The Kier molecular flexibility index (Phi) is 14.8. The van der Waals surface area contributed by atoms with Gasteiger partial charge in [-0.15, -0.1) is 0 Å². The highest BCUT2D eigenvalue weighted by atomic mass is 16.5. The first-order valence-corrected chi connectivity index (χ1v) is 9.28. The molecule has 0 saturated heterocycles. The minimum Gasteiger partial charge on any atom is -0.387 e. The number of rotatable bonds is 16. The van der Waals surface area contributed by atoms with Gasteiger partial charge in [-0.25, -0.2) is 0 Å². The Hall–Kier alpha value is -0.0800. The first-order valence-electron chi connectivity index (χ1n) is 9.28. The van der Waals surface area contributed by atoms with Crippen molar-refractivity contribution in [2.75, 3.05) is 13.2 Å². The zero-order chi connectivity index (χ0) is 15.8. The number of ether oxygens (including phenoxy) is 1. The van der Waals surface area contributed by atoms with Gasteiger partial charge in [-0.05, 0) is 19.8 Å². The highest BCUT2D eigenvalue weighted by molar-refractivity contribution is 4.80. The molecule has 0 aromatic heterocycles. The van der Waals surface area contributed by atoms with Crippen LogP contribution in [0.1, 0.15) is 97.3 Å². The van der Waals surface area contributed by atoms with Gasteiger partial charge in [-0.2, -0.15) is 0 Å². The van der Waals surface area contributed by atoms with Crippen molar-refractivity contribution >= 4 is 0 Å². The van der Waals surface area contributed by atoms with Crippen molar-refractivity contribution in [3.8, 4) is 0 Å². The molecule has 0 aromatic carbocycles. The summed E-state index contributed by atoms with van der Waals surface area (Å²) in [6, 6.07) is 0. The zero-order valence-electron chi connectivity index (χ0n) is 14.7. The summed E-state index contributed by atoms with van der Waals surface area (Å²) in [4.78, 5) is 0. The highest BCUT2D eigenvalue weighted by Gasteiger charge is 2.19. The van der Waals surface area contributed by atoms with Crippen molar-refractivity contribution in [2.45, 2.75) is 103 Å². The fourth-order valence-corrected chi connectivity index (χ4v) is 2.52. The predicted molar refractivity (Wildman–Crippen MR) is 92.5 cm³/mol. The van der Waals surface area contributed by atoms with Crippen LogP contribution in [-0.2, 0) is 4.74 Å². The molecule has 0 heterocycles. The maximum atomic E-state index is 10.1.